The maximum atomic E-state index is 11.5. The van der Waals surface area contributed by atoms with Crippen molar-refractivity contribution in [1.29, 1.82) is 0 Å². The highest BCUT2D eigenvalue weighted by atomic mass is 32.2. The van der Waals surface area contributed by atoms with Crippen LogP contribution in [0, 0.1) is 0 Å². The second kappa shape index (κ2) is 6.13. The molecule has 0 unspecified atom stereocenters. The van der Waals surface area contributed by atoms with Gasteiger partial charge < -0.3 is 9.47 Å². The van der Waals surface area contributed by atoms with Gasteiger partial charge in [0, 0.05) is 15.5 Å². The molecule has 8 heteroatoms. The molecule has 1 aromatic rings. The van der Waals surface area contributed by atoms with Crippen LogP contribution in [0.4, 0.5) is 0 Å². The molecule has 0 aliphatic heterocycles. The summed E-state index contributed by atoms with van der Waals surface area (Å²) in [6.07, 6.45) is 0. The Balaban J connectivity index is 3.26. The van der Waals surface area contributed by atoms with Gasteiger partial charge in [0.05, 0.1) is 18.1 Å². The van der Waals surface area contributed by atoms with Gasteiger partial charge in [0.25, 0.3) is 10.0 Å². The van der Waals surface area contributed by atoms with Crippen LogP contribution in [0.1, 0.15) is 13.8 Å². The highest BCUT2D eigenvalue weighted by Crippen LogP contribution is 2.30. The third-order valence-electron chi connectivity index (χ3n) is 1.96. The lowest BCUT2D eigenvalue weighted by molar-refractivity contribution is 0.287. The van der Waals surface area contributed by atoms with E-state index in [4.69, 9.17) is 15.0 Å². The van der Waals surface area contributed by atoms with Crippen LogP contribution >= 0.6 is 0 Å². The third kappa shape index (κ3) is 3.28. The van der Waals surface area contributed by atoms with Gasteiger partial charge in [0.2, 0.25) is 0 Å². The number of hydrogen-bond donors (Lipinski definition) is 0. The second-order valence-electron chi connectivity index (χ2n) is 3.12. The molecule has 0 aliphatic rings. The summed E-state index contributed by atoms with van der Waals surface area (Å²) in [6, 6.07) is 4.05. The Hall–Kier alpha value is -1.92. The Morgan fingerprint density at radius 2 is 1.83 bits per heavy atom. The molecule has 0 saturated heterocycles. The molecule has 0 aliphatic carbocycles. The van der Waals surface area contributed by atoms with E-state index < -0.39 is 10.0 Å². The summed E-state index contributed by atoms with van der Waals surface area (Å²) in [6.45, 7) is 4.37. The molecule has 18 heavy (non-hydrogen) atoms. The highest BCUT2D eigenvalue weighted by Gasteiger charge is 2.15. The summed E-state index contributed by atoms with van der Waals surface area (Å²) in [5.41, 5.74) is 8.20. The van der Waals surface area contributed by atoms with Crippen LogP contribution in [0.25, 0.3) is 10.4 Å². The molecule has 0 bridgehead atoms. The minimum absolute atomic E-state index is 0.132. The molecule has 0 amide bonds. The van der Waals surface area contributed by atoms with Crippen molar-refractivity contribution in [2.45, 2.75) is 18.7 Å². The Morgan fingerprint density at radius 3 is 2.39 bits per heavy atom. The fourth-order valence-corrected chi connectivity index (χ4v) is 1.97. The van der Waals surface area contributed by atoms with Crippen molar-refractivity contribution in [1.82, 2.24) is 0 Å². The zero-order valence-corrected chi connectivity index (χ0v) is 10.8. The molecule has 0 spiro atoms. The van der Waals surface area contributed by atoms with Gasteiger partial charge in [-0.2, -0.15) is 0 Å². The summed E-state index contributed by atoms with van der Waals surface area (Å²) >= 11 is 0. The van der Waals surface area contributed by atoms with E-state index in [2.05, 4.69) is 9.43 Å². The van der Waals surface area contributed by atoms with Crippen LogP contribution in [0.3, 0.4) is 0 Å². The van der Waals surface area contributed by atoms with Gasteiger partial charge in [0.15, 0.2) is 11.5 Å². The average Bonchev–Trinajstić information content (AvgIpc) is 2.31. The Kier molecular flexibility index (Phi) is 4.82. The SMILES string of the molecule is CCOc1ccc(S(=O)(=O)N=[N+]=[N-])cc1OCC. The van der Waals surface area contributed by atoms with Crippen LogP contribution < -0.4 is 9.47 Å². The Bertz CT molecular complexity index is 564. The van der Waals surface area contributed by atoms with Gasteiger partial charge in [-0.1, -0.05) is 0 Å². The van der Waals surface area contributed by atoms with Crippen molar-refractivity contribution in [2.75, 3.05) is 13.2 Å². The molecule has 0 radical (unpaired) electrons. The number of ether oxygens (including phenoxy) is 2. The van der Waals surface area contributed by atoms with Crippen LogP contribution in [0.2, 0.25) is 0 Å². The molecule has 1 rings (SSSR count). The molecule has 0 atom stereocenters. The minimum Gasteiger partial charge on any atom is -0.490 e. The monoisotopic (exact) mass is 271 g/mol. The third-order valence-corrected chi connectivity index (χ3v) is 3.09. The van der Waals surface area contributed by atoms with Gasteiger partial charge in [-0.05, 0) is 31.5 Å². The quantitative estimate of drug-likeness (QED) is 0.450. The lowest BCUT2D eigenvalue weighted by Gasteiger charge is -2.11. The second-order valence-corrected chi connectivity index (χ2v) is 4.71. The largest absolute Gasteiger partial charge is 0.490 e. The Labute approximate surface area is 105 Å². The van der Waals surface area contributed by atoms with Crippen molar-refractivity contribution < 1.29 is 17.9 Å². The Morgan fingerprint density at radius 1 is 1.22 bits per heavy atom. The van der Waals surface area contributed by atoms with E-state index in [1.54, 1.807) is 13.8 Å². The summed E-state index contributed by atoms with van der Waals surface area (Å²) < 4.78 is 36.4. The van der Waals surface area contributed by atoms with Crippen molar-refractivity contribution in [3.8, 4) is 11.5 Å². The minimum atomic E-state index is -4.01. The molecule has 98 valence electrons. The van der Waals surface area contributed by atoms with Crippen molar-refractivity contribution >= 4 is 10.0 Å². The standard InChI is InChI=1S/C10H13N3O4S/c1-3-16-9-6-5-8(7-10(9)17-4-2)18(14,15)13-12-11/h5-7H,3-4H2,1-2H3. The van der Waals surface area contributed by atoms with E-state index in [-0.39, 0.29) is 4.90 Å². The van der Waals surface area contributed by atoms with Crippen molar-refractivity contribution in [3.05, 3.63) is 28.6 Å². The topological polar surface area (TPSA) is 101 Å². The zero-order valence-electron chi connectivity index (χ0n) is 10.0. The highest BCUT2D eigenvalue weighted by molar-refractivity contribution is 7.90. The van der Waals surface area contributed by atoms with Gasteiger partial charge in [-0.25, -0.2) is 8.42 Å². The first-order chi connectivity index (χ1) is 8.55. The van der Waals surface area contributed by atoms with E-state index in [1.807, 2.05) is 0 Å². The van der Waals surface area contributed by atoms with E-state index in [0.717, 1.165) is 0 Å². The molecule has 0 N–H and O–H groups in total. The molecule has 7 nitrogen and oxygen atoms in total. The average molecular weight is 271 g/mol. The molecule has 0 fully saturated rings. The fourth-order valence-electron chi connectivity index (χ4n) is 1.29. The summed E-state index contributed by atoms with van der Waals surface area (Å²) in [5.74, 6) is 0.743. The van der Waals surface area contributed by atoms with Crippen LogP contribution in [0.5, 0.6) is 11.5 Å². The predicted octanol–water partition coefficient (Wildman–Crippen LogP) is 2.48. The van der Waals surface area contributed by atoms with E-state index in [0.29, 0.717) is 24.7 Å². The first-order valence-electron chi connectivity index (χ1n) is 5.26. The first kappa shape index (κ1) is 14.1. The number of nitrogens with zero attached hydrogens (tertiary/aromatic N) is 3. The van der Waals surface area contributed by atoms with E-state index in [9.17, 15) is 8.42 Å². The molecular weight excluding hydrogens is 258 g/mol. The van der Waals surface area contributed by atoms with Crippen LogP contribution in [-0.4, -0.2) is 21.6 Å². The number of azide groups is 1. The smallest absolute Gasteiger partial charge is 0.264 e. The van der Waals surface area contributed by atoms with E-state index >= 15 is 0 Å². The lowest BCUT2D eigenvalue weighted by Crippen LogP contribution is -2.01. The summed E-state index contributed by atoms with van der Waals surface area (Å²) in [5, 5.41) is 0. The number of rotatable bonds is 6. The lowest BCUT2D eigenvalue weighted by atomic mass is 10.3. The predicted molar refractivity (Wildman–Crippen MR) is 65.1 cm³/mol. The number of benzene rings is 1. The van der Waals surface area contributed by atoms with Crippen molar-refractivity contribution in [3.63, 3.8) is 0 Å². The number of sulfonamides is 1. The fraction of sp³-hybridized carbons (Fsp3) is 0.400. The summed E-state index contributed by atoms with van der Waals surface area (Å²) in [7, 11) is -4.01. The van der Waals surface area contributed by atoms with Gasteiger partial charge in [0.1, 0.15) is 0 Å². The maximum absolute atomic E-state index is 11.5. The first-order valence-corrected chi connectivity index (χ1v) is 6.70. The molecule has 0 aromatic heterocycles. The van der Waals surface area contributed by atoms with Crippen LogP contribution in [0.15, 0.2) is 27.6 Å². The van der Waals surface area contributed by atoms with Crippen LogP contribution in [-0.2, 0) is 10.0 Å². The molecule has 0 heterocycles. The zero-order chi connectivity index (χ0) is 13.6. The van der Waals surface area contributed by atoms with E-state index in [1.165, 1.54) is 18.2 Å². The summed E-state index contributed by atoms with van der Waals surface area (Å²) in [4.78, 5) is 2.15. The van der Waals surface area contributed by atoms with Gasteiger partial charge >= 0.3 is 0 Å². The van der Waals surface area contributed by atoms with Gasteiger partial charge in [-0.3, -0.25) is 0 Å². The molecule has 0 saturated carbocycles. The van der Waals surface area contributed by atoms with Crippen molar-refractivity contribution in [2.24, 2.45) is 4.52 Å². The molecule has 1 aromatic carbocycles. The maximum Gasteiger partial charge on any atom is 0.264 e. The normalized spacial score (nSPS) is 10.6. The van der Waals surface area contributed by atoms with Gasteiger partial charge in [-0.15, -0.1) is 0 Å². The number of hydrogen-bond acceptors (Lipinski definition) is 4. The molecular formula is C10H13N3O4S.